The fourth-order valence-electron chi connectivity index (χ4n) is 3.72. The monoisotopic (exact) mass is 360 g/mol. The van der Waals surface area contributed by atoms with E-state index in [4.69, 9.17) is 0 Å². The molecule has 4 nitrogen and oxygen atoms in total. The van der Waals surface area contributed by atoms with E-state index in [1.165, 1.54) is 19.3 Å². The summed E-state index contributed by atoms with van der Waals surface area (Å²) in [5, 5.41) is 3.25. The summed E-state index contributed by atoms with van der Waals surface area (Å²) in [5.74, 6) is 1.54. The van der Waals surface area contributed by atoms with Gasteiger partial charge in [0.1, 0.15) is 5.54 Å². The molecule has 0 bridgehead atoms. The van der Waals surface area contributed by atoms with E-state index < -0.39 is 5.54 Å². The van der Waals surface area contributed by atoms with Crippen molar-refractivity contribution >= 4 is 23.6 Å². The first-order valence-corrected chi connectivity index (χ1v) is 10.5. The van der Waals surface area contributed by atoms with Gasteiger partial charge < -0.3 is 10.2 Å². The molecule has 136 valence electrons. The van der Waals surface area contributed by atoms with Crippen LogP contribution in [0.4, 0.5) is 0 Å². The lowest BCUT2D eigenvalue weighted by Gasteiger charge is -2.40. The molecular weight excluding hydrogens is 332 g/mol. The van der Waals surface area contributed by atoms with Gasteiger partial charge in [-0.3, -0.25) is 9.59 Å². The Morgan fingerprint density at radius 2 is 1.96 bits per heavy atom. The largest absolute Gasteiger partial charge is 0.351 e. The fourth-order valence-corrected chi connectivity index (χ4v) is 4.87. The molecule has 1 N–H and O–H groups in total. The lowest BCUT2D eigenvalue weighted by molar-refractivity contribution is -0.146. The van der Waals surface area contributed by atoms with Crippen molar-refractivity contribution in [2.75, 3.05) is 11.5 Å². The molecular formula is C20H28N2O2S. The second kappa shape index (κ2) is 8.26. The Morgan fingerprint density at radius 3 is 2.68 bits per heavy atom. The molecule has 2 fully saturated rings. The molecule has 1 saturated carbocycles. The third-order valence-corrected chi connectivity index (χ3v) is 6.61. The van der Waals surface area contributed by atoms with Crippen LogP contribution in [-0.2, 0) is 16.1 Å². The molecule has 1 saturated heterocycles. The van der Waals surface area contributed by atoms with Crippen LogP contribution in [0.3, 0.4) is 0 Å². The maximum absolute atomic E-state index is 13.2. The van der Waals surface area contributed by atoms with Crippen molar-refractivity contribution in [2.24, 2.45) is 0 Å². The van der Waals surface area contributed by atoms with E-state index in [1.54, 1.807) is 16.7 Å². The first kappa shape index (κ1) is 18.3. The van der Waals surface area contributed by atoms with Crippen LogP contribution in [0.1, 0.15) is 51.0 Å². The molecule has 1 heterocycles. The van der Waals surface area contributed by atoms with Crippen LogP contribution >= 0.6 is 11.8 Å². The zero-order chi connectivity index (χ0) is 17.7. The first-order valence-electron chi connectivity index (χ1n) is 9.33. The van der Waals surface area contributed by atoms with Gasteiger partial charge >= 0.3 is 0 Å². The van der Waals surface area contributed by atoms with E-state index in [1.807, 2.05) is 37.3 Å². The third-order valence-electron chi connectivity index (χ3n) is 5.35. The number of carbonyl (C=O) groups excluding carboxylic acids is 2. The maximum atomic E-state index is 13.2. The van der Waals surface area contributed by atoms with E-state index in [9.17, 15) is 9.59 Å². The van der Waals surface area contributed by atoms with Crippen LogP contribution in [-0.4, -0.2) is 39.8 Å². The van der Waals surface area contributed by atoms with Crippen molar-refractivity contribution < 1.29 is 9.59 Å². The van der Waals surface area contributed by atoms with Gasteiger partial charge in [-0.05, 0) is 25.3 Å². The third kappa shape index (κ3) is 4.38. The van der Waals surface area contributed by atoms with Crippen LogP contribution in [0.15, 0.2) is 30.3 Å². The lowest BCUT2D eigenvalue weighted by atomic mass is 9.93. The van der Waals surface area contributed by atoms with Crippen molar-refractivity contribution in [1.82, 2.24) is 10.2 Å². The molecule has 1 unspecified atom stereocenters. The number of carbonyl (C=O) groups is 2. The van der Waals surface area contributed by atoms with Gasteiger partial charge in [0.25, 0.3) is 0 Å². The zero-order valence-electron chi connectivity index (χ0n) is 15.0. The highest BCUT2D eigenvalue weighted by molar-refractivity contribution is 7.99. The summed E-state index contributed by atoms with van der Waals surface area (Å²) < 4.78 is 0. The molecule has 2 aliphatic rings. The van der Waals surface area contributed by atoms with E-state index in [0.29, 0.717) is 18.7 Å². The molecule has 1 aromatic rings. The Balaban J connectivity index is 1.79. The Morgan fingerprint density at radius 1 is 1.24 bits per heavy atom. The molecule has 1 aliphatic carbocycles. The van der Waals surface area contributed by atoms with Gasteiger partial charge in [0, 0.05) is 30.5 Å². The van der Waals surface area contributed by atoms with E-state index in [2.05, 4.69) is 5.32 Å². The molecule has 0 aromatic heterocycles. The number of hydrogen-bond donors (Lipinski definition) is 1. The average Bonchev–Trinajstić information content (AvgIpc) is 2.78. The molecule has 5 heteroatoms. The van der Waals surface area contributed by atoms with Crippen molar-refractivity contribution in [2.45, 2.75) is 63.6 Å². The normalized spacial score (nSPS) is 25.5. The van der Waals surface area contributed by atoms with Crippen LogP contribution in [0, 0.1) is 0 Å². The lowest BCUT2D eigenvalue weighted by Crippen LogP contribution is -2.61. The van der Waals surface area contributed by atoms with Crippen molar-refractivity contribution in [3.05, 3.63) is 35.9 Å². The smallest absolute Gasteiger partial charge is 0.246 e. The zero-order valence-corrected chi connectivity index (χ0v) is 15.8. The van der Waals surface area contributed by atoms with Crippen LogP contribution < -0.4 is 5.32 Å². The van der Waals surface area contributed by atoms with Gasteiger partial charge in [-0.15, -0.1) is 0 Å². The first-order chi connectivity index (χ1) is 12.1. The Labute approximate surface area is 154 Å². The minimum atomic E-state index is -0.786. The van der Waals surface area contributed by atoms with Crippen molar-refractivity contribution in [1.29, 1.82) is 0 Å². The maximum Gasteiger partial charge on any atom is 0.246 e. The highest BCUT2D eigenvalue weighted by atomic mass is 32.2. The summed E-state index contributed by atoms with van der Waals surface area (Å²) in [6.45, 7) is 2.43. The highest BCUT2D eigenvalue weighted by Crippen LogP contribution is 2.29. The summed E-state index contributed by atoms with van der Waals surface area (Å²) in [4.78, 5) is 27.7. The standard InChI is InChI=1S/C20H28N2O2S/c1-20(19(24)21-17-10-6-3-7-11-17)15-25-13-12-18(23)22(20)14-16-8-4-2-5-9-16/h2,4-5,8-9,17H,3,6-7,10-15H2,1H3,(H,21,24). The Hall–Kier alpha value is -1.49. The Kier molecular flexibility index (Phi) is 6.05. The molecule has 25 heavy (non-hydrogen) atoms. The van der Waals surface area contributed by atoms with Gasteiger partial charge in [0.15, 0.2) is 0 Å². The SMILES string of the molecule is CC1(C(=O)NC2CCCCC2)CSCCC(=O)N1Cc1ccccc1. The van der Waals surface area contributed by atoms with E-state index in [-0.39, 0.29) is 17.9 Å². The number of benzene rings is 1. The van der Waals surface area contributed by atoms with Gasteiger partial charge in [-0.1, -0.05) is 49.6 Å². The van der Waals surface area contributed by atoms with E-state index in [0.717, 1.165) is 24.2 Å². The number of hydrogen-bond acceptors (Lipinski definition) is 3. The quantitative estimate of drug-likeness (QED) is 0.896. The Bertz CT molecular complexity index is 601. The number of rotatable bonds is 4. The number of nitrogens with one attached hydrogen (secondary N) is 1. The second-order valence-electron chi connectivity index (χ2n) is 7.35. The average molecular weight is 361 g/mol. The van der Waals surface area contributed by atoms with E-state index >= 15 is 0 Å². The van der Waals surface area contributed by atoms with Crippen LogP contribution in [0.2, 0.25) is 0 Å². The number of amides is 2. The van der Waals surface area contributed by atoms with Crippen molar-refractivity contribution in [3.8, 4) is 0 Å². The molecule has 1 aliphatic heterocycles. The predicted molar refractivity (Wildman–Crippen MR) is 102 cm³/mol. The van der Waals surface area contributed by atoms with Gasteiger partial charge in [-0.25, -0.2) is 0 Å². The minimum Gasteiger partial charge on any atom is -0.351 e. The van der Waals surface area contributed by atoms with Crippen LogP contribution in [0.5, 0.6) is 0 Å². The molecule has 3 rings (SSSR count). The predicted octanol–water partition coefficient (Wildman–Crippen LogP) is 3.36. The van der Waals surface area contributed by atoms with Crippen molar-refractivity contribution in [3.63, 3.8) is 0 Å². The summed E-state index contributed by atoms with van der Waals surface area (Å²) in [6, 6.07) is 10.2. The summed E-state index contributed by atoms with van der Waals surface area (Å²) in [5.41, 5.74) is 0.283. The van der Waals surface area contributed by atoms with Gasteiger partial charge in [0.05, 0.1) is 0 Å². The van der Waals surface area contributed by atoms with Gasteiger partial charge in [-0.2, -0.15) is 11.8 Å². The van der Waals surface area contributed by atoms with Crippen LogP contribution in [0.25, 0.3) is 0 Å². The summed E-state index contributed by atoms with van der Waals surface area (Å²) in [6.07, 6.45) is 6.25. The summed E-state index contributed by atoms with van der Waals surface area (Å²) in [7, 11) is 0. The minimum absolute atomic E-state index is 0.0121. The topological polar surface area (TPSA) is 49.4 Å². The summed E-state index contributed by atoms with van der Waals surface area (Å²) >= 11 is 1.71. The fraction of sp³-hybridized carbons (Fsp3) is 0.600. The molecule has 0 radical (unpaired) electrons. The molecule has 1 aromatic carbocycles. The molecule has 1 atom stereocenters. The highest BCUT2D eigenvalue weighted by Gasteiger charge is 2.44. The molecule has 0 spiro atoms. The molecule has 2 amide bonds. The second-order valence-corrected chi connectivity index (χ2v) is 8.46. The number of thioether (sulfide) groups is 1. The number of nitrogens with zero attached hydrogens (tertiary/aromatic N) is 1. The van der Waals surface area contributed by atoms with Gasteiger partial charge in [0.2, 0.25) is 11.8 Å².